The number of amides is 1. The molecule has 1 aromatic rings. The summed E-state index contributed by atoms with van der Waals surface area (Å²) in [7, 11) is 1.79. The van der Waals surface area contributed by atoms with Gasteiger partial charge in [0, 0.05) is 13.6 Å². The van der Waals surface area contributed by atoms with Gasteiger partial charge in [0.15, 0.2) is 0 Å². The summed E-state index contributed by atoms with van der Waals surface area (Å²) in [6, 6.07) is 5.16. The molecule has 4 N–H and O–H groups in total. The van der Waals surface area contributed by atoms with Gasteiger partial charge in [-0.3, -0.25) is 9.59 Å². The number of hydrogen-bond acceptors (Lipinski definition) is 4. The maximum absolute atomic E-state index is 11.4. The maximum Gasteiger partial charge on any atom is 0.312 e. The lowest BCUT2D eigenvalue weighted by Crippen LogP contribution is -2.35. The number of nitrogens with zero attached hydrogens (tertiary/aromatic N) is 1. The summed E-state index contributed by atoms with van der Waals surface area (Å²) in [6.45, 7) is 0.307. The molecule has 0 aromatic heterocycles. The van der Waals surface area contributed by atoms with Crippen LogP contribution in [0.5, 0.6) is 0 Å². The number of anilines is 2. The SMILES string of the molecule is CN1CC(=O)Nc2ccc(C(CN)C(=O)O)cc21. The third-order valence-corrected chi connectivity index (χ3v) is 3.02. The molecule has 96 valence electrons. The summed E-state index contributed by atoms with van der Waals surface area (Å²) in [6.07, 6.45) is 0. The minimum atomic E-state index is -0.944. The van der Waals surface area contributed by atoms with Crippen LogP contribution in [0.4, 0.5) is 11.4 Å². The summed E-state index contributed by atoms with van der Waals surface area (Å²) in [5, 5.41) is 11.8. The molecule has 0 saturated heterocycles. The number of carbonyl (C=O) groups excluding carboxylic acids is 1. The Balaban J connectivity index is 2.40. The van der Waals surface area contributed by atoms with Crippen molar-refractivity contribution in [2.75, 3.05) is 30.4 Å². The van der Waals surface area contributed by atoms with Gasteiger partial charge in [0.2, 0.25) is 5.91 Å². The molecular formula is C12H15N3O3. The van der Waals surface area contributed by atoms with Gasteiger partial charge in [0.05, 0.1) is 23.8 Å². The van der Waals surface area contributed by atoms with Gasteiger partial charge >= 0.3 is 5.97 Å². The number of carboxylic acid groups (broad SMARTS) is 1. The summed E-state index contributed by atoms with van der Waals surface area (Å²) in [4.78, 5) is 24.2. The second kappa shape index (κ2) is 4.66. The Morgan fingerprint density at radius 2 is 2.33 bits per heavy atom. The third-order valence-electron chi connectivity index (χ3n) is 3.02. The molecule has 1 heterocycles. The molecule has 1 aliphatic heterocycles. The number of fused-ring (bicyclic) bond motifs is 1. The first-order valence-electron chi connectivity index (χ1n) is 5.60. The zero-order valence-electron chi connectivity index (χ0n) is 10.0. The molecule has 1 aliphatic rings. The number of likely N-dealkylation sites (N-methyl/N-ethyl adjacent to an activating group) is 1. The van der Waals surface area contributed by atoms with Crippen LogP contribution in [0, 0.1) is 0 Å². The molecule has 1 atom stereocenters. The van der Waals surface area contributed by atoms with Crippen molar-refractivity contribution in [3.8, 4) is 0 Å². The Hall–Kier alpha value is -2.08. The molecule has 6 nitrogen and oxygen atoms in total. The van der Waals surface area contributed by atoms with Crippen molar-refractivity contribution in [3.63, 3.8) is 0 Å². The van der Waals surface area contributed by atoms with Gasteiger partial charge in [0.1, 0.15) is 0 Å². The van der Waals surface area contributed by atoms with E-state index in [0.29, 0.717) is 11.3 Å². The number of nitrogens with two attached hydrogens (primary N) is 1. The fourth-order valence-corrected chi connectivity index (χ4v) is 2.06. The normalized spacial score (nSPS) is 15.9. The zero-order valence-corrected chi connectivity index (χ0v) is 10.0. The average Bonchev–Trinajstić information content (AvgIpc) is 2.30. The molecular weight excluding hydrogens is 234 g/mol. The lowest BCUT2D eigenvalue weighted by atomic mass is 9.97. The highest BCUT2D eigenvalue weighted by Crippen LogP contribution is 2.31. The first-order chi connectivity index (χ1) is 8.52. The molecule has 2 rings (SSSR count). The molecule has 1 aromatic carbocycles. The topological polar surface area (TPSA) is 95.7 Å². The van der Waals surface area contributed by atoms with Crippen LogP contribution in [0.3, 0.4) is 0 Å². The van der Waals surface area contributed by atoms with Gasteiger partial charge in [-0.1, -0.05) is 6.07 Å². The second-order valence-electron chi connectivity index (χ2n) is 4.31. The highest BCUT2D eigenvalue weighted by Gasteiger charge is 2.23. The molecule has 0 saturated carbocycles. The molecule has 0 radical (unpaired) electrons. The van der Waals surface area contributed by atoms with E-state index in [1.807, 2.05) is 0 Å². The van der Waals surface area contributed by atoms with E-state index in [1.165, 1.54) is 0 Å². The molecule has 18 heavy (non-hydrogen) atoms. The number of carbonyl (C=O) groups is 2. The Kier molecular flexibility index (Phi) is 3.20. The van der Waals surface area contributed by atoms with Gasteiger partial charge in [-0.15, -0.1) is 0 Å². The van der Waals surface area contributed by atoms with E-state index in [4.69, 9.17) is 10.8 Å². The fraction of sp³-hybridized carbons (Fsp3) is 0.333. The lowest BCUT2D eigenvalue weighted by Gasteiger charge is -2.28. The van der Waals surface area contributed by atoms with Crippen molar-refractivity contribution in [1.29, 1.82) is 0 Å². The summed E-state index contributed by atoms with van der Waals surface area (Å²) >= 11 is 0. The minimum absolute atomic E-state index is 0.0458. The van der Waals surface area contributed by atoms with Crippen LogP contribution in [0.15, 0.2) is 18.2 Å². The first-order valence-corrected chi connectivity index (χ1v) is 5.60. The van der Waals surface area contributed by atoms with Crippen LogP contribution in [0.25, 0.3) is 0 Å². The van der Waals surface area contributed by atoms with E-state index in [0.717, 1.165) is 5.69 Å². The van der Waals surface area contributed by atoms with E-state index in [9.17, 15) is 9.59 Å². The quantitative estimate of drug-likeness (QED) is 0.711. The molecule has 6 heteroatoms. The van der Waals surface area contributed by atoms with Crippen LogP contribution in [-0.4, -0.2) is 37.1 Å². The highest BCUT2D eigenvalue weighted by molar-refractivity contribution is 6.01. The van der Waals surface area contributed by atoms with Crippen molar-refractivity contribution in [3.05, 3.63) is 23.8 Å². The van der Waals surface area contributed by atoms with Gasteiger partial charge in [-0.2, -0.15) is 0 Å². The van der Waals surface area contributed by atoms with E-state index in [2.05, 4.69) is 5.32 Å². The Bertz CT molecular complexity index is 501. The Morgan fingerprint density at radius 3 is 2.94 bits per heavy atom. The van der Waals surface area contributed by atoms with E-state index in [1.54, 1.807) is 30.1 Å². The van der Waals surface area contributed by atoms with Gasteiger partial charge in [-0.05, 0) is 17.7 Å². The highest BCUT2D eigenvalue weighted by atomic mass is 16.4. The smallest absolute Gasteiger partial charge is 0.312 e. The van der Waals surface area contributed by atoms with Crippen LogP contribution in [-0.2, 0) is 9.59 Å². The first kappa shape index (κ1) is 12.4. The predicted octanol–water partition coefficient (Wildman–Crippen LogP) is 0.202. The van der Waals surface area contributed by atoms with Crippen LogP contribution >= 0.6 is 0 Å². The molecule has 1 unspecified atom stereocenters. The zero-order chi connectivity index (χ0) is 13.3. The summed E-state index contributed by atoms with van der Waals surface area (Å²) in [5.41, 5.74) is 7.62. The second-order valence-corrected chi connectivity index (χ2v) is 4.31. The van der Waals surface area contributed by atoms with Crippen LogP contribution < -0.4 is 16.0 Å². The number of carboxylic acids is 1. The average molecular weight is 249 g/mol. The molecule has 0 aliphatic carbocycles. The van der Waals surface area contributed by atoms with Crippen molar-refractivity contribution in [2.24, 2.45) is 5.73 Å². The molecule has 1 amide bonds. The number of rotatable bonds is 3. The van der Waals surface area contributed by atoms with Gasteiger partial charge in [0.25, 0.3) is 0 Å². The van der Waals surface area contributed by atoms with E-state index >= 15 is 0 Å². The number of nitrogens with one attached hydrogen (secondary N) is 1. The molecule has 0 fully saturated rings. The lowest BCUT2D eigenvalue weighted by molar-refractivity contribution is -0.138. The Morgan fingerprint density at radius 1 is 1.61 bits per heavy atom. The van der Waals surface area contributed by atoms with Crippen molar-refractivity contribution in [2.45, 2.75) is 5.92 Å². The van der Waals surface area contributed by atoms with Gasteiger partial charge in [-0.25, -0.2) is 0 Å². The summed E-state index contributed by atoms with van der Waals surface area (Å²) in [5.74, 6) is -1.74. The number of benzene rings is 1. The largest absolute Gasteiger partial charge is 0.481 e. The van der Waals surface area contributed by atoms with Crippen molar-refractivity contribution >= 4 is 23.3 Å². The van der Waals surface area contributed by atoms with Crippen molar-refractivity contribution in [1.82, 2.24) is 0 Å². The number of hydrogen-bond donors (Lipinski definition) is 3. The minimum Gasteiger partial charge on any atom is -0.481 e. The van der Waals surface area contributed by atoms with Crippen LogP contribution in [0.1, 0.15) is 11.5 Å². The fourth-order valence-electron chi connectivity index (χ4n) is 2.06. The van der Waals surface area contributed by atoms with E-state index in [-0.39, 0.29) is 19.0 Å². The van der Waals surface area contributed by atoms with Crippen molar-refractivity contribution < 1.29 is 14.7 Å². The van der Waals surface area contributed by atoms with Gasteiger partial charge < -0.3 is 21.1 Å². The molecule has 0 bridgehead atoms. The number of aliphatic carboxylic acids is 1. The van der Waals surface area contributed by atoms with E-state index < -0.39 is 11.9 Å². The monoisotopic (exact) mass is 249 g/mol. The van der Waals surface area contributed by atoms with Crippen LogP contribution in [0.2, 0.25) is 0 Å². The maximum atomic E-state index is 11.4. The standard InChI is InChI=1S/C12H15N3O3/c1-15-6-11(16)14-9-3-2-7(4-10(9)15)8(5-13)12(17)18/h2-4,8H,5-6,13H2,1H3,(H,14,16)(H,17,18). The Labute approximate surface area is 104 Å². The predicted molar refractivity (Wildman–Crippen MR) is 67.8 cm³/mol. The molecule has 0 spiro atoms. The summed E-state index contributed by atoms with van der Waals surface area (Å²) < 4.78 is 0. The third kappa shape index (κ3) is 2.14.